The highest BCUT2D eigenvalue weighted by Gasteiger charge is 2.46. The van der Waals surface area contributed by atoms with E-state index in [9.17, 15) is 25.2 Å². The van der Waals surface area contributed by atoms with E-state index in [2.05, 4.69) is 0 Å². The highest BCUT2D eigenvalue weighted by Crippen LogP contribution is 2.41. The van der Waals surface area contributed by atoms with Crippen LogP contribution in [-0.2, 0) is 4.74 Å². The minimum absolute atomic E-state index is 0.0162. The van der Waals surface area contributed by atoms with E-state index in [0.717, 1.165) is 0 Å². The summed E-state index contributed by atoms with van der Waals surface area (Å²) in [5, 5.41) is 58.4. The molecule has 36 heavy (non-hydrogen) atoms. The third-order valence-electron chi connectivity index (χ3n) is 5.88. The molecular formula is C25H22N2O9. The van der Waals surface area contributed by atoms with Gasteiger partial charge >= 0.3 is 0 Å². The van der Waals surface area contributed by atoms with Gasteiger partial charge in [0.15, 0.2) is 13.2 Å². The lowest BCUT2D eigenvalue weighted by molar-refractivity contribution is -0.231. The Kier molecular flexibility index (Phi) is 7.50. The average molecular weight is 494 g/mol. The number of hydrogen-bond donors (Lipinski definition) is 4. The molecule has 0 spiro atoms. The molecule has 11 heteroatoms. The molecule has 0 unspecified atom stereocenters. The van der Waals surface area contributed by atoms with Crippen LogP contribution in [0, 0.1) is 22.7 Å². The Morgan fingerprint density at radius 3 is 2.28 bits per heavy atom. The molecular weight excluding hydrogens is 472 g/mol. The van der Waals surface area contributed by atoms with Crippen molar-refractivity contribution in [2.45, 2.75) is 30.5 Å². The van der Waals surface area contributed by atoms with Crippen LogP contribution in [0.5, 0.6) is 11.5 Å². The normalized spacial score (nSPS) is 23.6. The predicted octanol–water partition coefficient (Wildman–Crippen LogP) is 0.780. The van der Waals surface area contributed by atoms with Gasteiger partial charge in [-0.15, -0.1) is 0 Å². The quantitative estimate of drug-likeness (QED) is 0.363. The van der Waals surface area contributed by atoms with Crippen molar-refractivity contribution >= 4 is 11.0 Å². The van der Waals surface area contributed by atoms with Crippen molar-refractivity contribution < 1.29 is 39.1 Å². The fourth-order valence-corrected chi connectivity index (χ4v) is 4.09. The van der Waals surface area contributed by atoms with Gasteiger partial charge in [0, 0.05) is 0 Å². The Bertz CT molecular complexity index is 1370. The number of nitriles is 2. The van der Waals surface area contributed by atoms with Gasteiger partial charge in [0.05, 0.1) is 23.1 Å². The molecule has 186 valence electrons. The maximum Gasteiger partial charge on any atom is 0.200 e. The first-order chi connectivity index (χ1) is 17.4. The SMILES string of the molecule is N#CCOc1ccc(-c2coc3c([C@@H]4O[C@H](CO)[C@@H](O)[C@H](O)[C@H]4O)c(OCC#N)ccc3c2=O)cc1. The molecule has 1 saturated heterocycles. The third kappa shape index (κ3) is 4.62. The number of fused-ring (bicyclic) bond motifs is 1. The molecule has 0 saturated carbocycles. The van der Waals surface area contributed by atoms with Gasteiger partial charge in [-0.25, -0.2) is 0 Å². The summed E-state index contributed by atoms with van der Waals surface area (Å²) in [6.45, 7) is -1.13. The van der Waals surface area contributed by atoms with Crippen molar-refractivity contribution in [1.29, 1.82) is 10.5 Å². The van der Waals surface area contributed by atoms with Crippen LogP contribution in [0.1, 0.15) is 11.7 Å². The van der Waals surface area contributed by atoms with Crippen LogP contribution in [0.4, 0.5) is 0 Å². The maximum absolute atomic E-state index is 13.4. The summed E-state index contributed by atoms with van der Waals surface area (Å²) in [5.74, 6) is 0.512. The number of nitrogens with zero attached hydrogens (tertiary/aromatic N) is 2. The third-order valence-corrected chi connectivity index (χ3v) is 5.88. The summed E-state index contributed by atoms with van der Waals surface area (Å²) in [6, 6.07) is 13.0. The fraction of sp³-hybridized carbons (Fsp3) is 0.320. The summed E-state index contributed by atoms with van der Waals surface area (Å²) in [5.41, 5.74) is 0.356. The van der Waals surface area contributed by atoms with E-state index in [-0.39, 0.29) is 41.1 Å². The van der Waals surface area contributed by atoms with Gasteiger partial charge in [-0.2, -0.15) is 10.5 Å². The smallest absolute Gasteiger partial charge is 0.200 e. The van der Waals surface area contributed by atoms with Crippen LogP contribution in [0.3, 0.4) is 0 Å². The summed E-state index contributed by atoms with van der Waals surface area (Å²) >= 11 is 0. The lowest BCUT2D eigenvalue weighted by Crippen LogP contribution is -2.55. The number of benzene rings is 2. The molecule has 4 rings (SSSR count). The van der Waals surface area contributed by atoms with E-state index in [1.165, 1.54) is 18.4 Å². The zero-order chi connectivity index (χ0) is 25.8. The molecule has 11 nitrogen and oxygen atoms in total. The molecule has 4 N–H and O–H groups in total. The number of rotatable bonds is 7. The topological polar surface area (TPSA) is 186 Å². The van der Waals surface area contributed by atoms with Gasteiger partial charge in [-0.3, -0.25) is 4.79 Å². The molecule has 2 aromatic carbocycles. The van der Waals surface area contributed by atoms with E-state index >= 15 is 0 Å². The predicted molar refractivity (Wildman–Crippen MR) is 123 cm³/mol. The zero-order valence-corrected chi connectivity index (χ0v) is 18.8. The van der Waals surface area contributed by atoms with E-state index in [1.54, 1.807) is 24.3 Å². The van der Waals surface area contributed by atoms with Crippen molar-refractivity contribution in [2.24, 2.45) is 0 Å². The number of ether oxygens (including phenoxy) is 3. The van der Waals surface area contributed by atoms with Gasteiger partial charge in [-0.1, -0.05) is 12.1 Å². The van der Waals surface area contributed by atoms with Crippen molar-refractivity contribution in [3.63, 3.8) is 0 Å². The van der Waals surface area contributed by atoms with Crippen LogP contribution in [-0.4, -0.2) is 64.7 Å². The first kappa shape index (κ1) is 25.1. The van der Waals surface area contributed by atoms with Gasteiger partial charge < -0.3 is 39.1 Å². The molecule has 1 fully saturated rings. The minimum atomic E-state index is -1.67. The summed E-state index contributed by atoms with van der Waals surface area (Å²) < 4.78 is 22.2. The monoisotopic (exact) mass is 494 g/mol. The molecule has 0 amide bonds. The molecule has 0 radical (unpaired) electrons. The summed E-state index contributed by atoms with van der Waals surface area (Å²) in [4.78, 5) is 13.4. The standard InChI is InChI=1S/C25H22N2O9/c26-7-9-33-14-3-1-13(2-4-14)16-12-35-24-15(20(16)29)5-6-17(34-10-8-27)19(24)25-23(32)22(31)21(30)18(11-28)36-25/h1-6,12,18,21-23,25,28,30-32H,9-11H2/t18-,21-,22+,23-,25+/m1/s1. The lowest BCUT2D eigenvalue weighted by Gasteiger charge is -2.40. The van der Waals surface area contributed by atoms with Gasteiger partial charge in [-0.05, 0) is 29.8 Å². The molecule has 0 aliphatic carbocycles. The van der Waals surface area contributed by atoms with Crippen molar-refractivity contribution in [2.75, 3.05) is 19.8 Å². The second kappa shape index (κ2) is 10.7. The largest absolute Gasteiger partial charge is 0.479 e. The van der Waals surface area contributed by atoms with E-state index in [0.29, 0.717) is 11.3 Å². The Morgan fingerprint density at radius 1 is 0.917 bits per heavy atom. The number of hydrogen-bond acceptors (Lipinski definition) is 11. The Morgan fingerprint density at radius 2 is 1.61 bits per heavy atom. The van der Waals surface area contributed by atoms with Crippen LogP contribution in [0.15, 0.2) is 51.9 Å². The van der Waals surface area contributed by atoms with E-state index in [4.69, 9.17) is 29.2 Å². The maximum atomic E-state index is 13.4. The molecule has 1 aromatic heterocycles. The lowest BCUT2D eigenvalue weighted by atomic mass is 9.89. The molecule has 1 aliphatic rings. The molecule has 0 bridgehead atoms. The van der Waals surface area contributed by atoms with Crippen LogP contribution >= 0.6 is 0 Å². The molecule has 1 aliphatic heterocycles. The van der Waals surface area contributed by atoms with Gasteiger partial charge in [0.25, 0.3) is 0 Å². The minimum Gasteiger partial charge on any atom is -0.479 e. The first-order valence-electron chi connectivity index (χ1n) is 10.9. The highest BCUT2D eigenvalue weighted by molar-refractivity contribution is 5.86. The van der Waals surface area contributed by atoms with Crippen LogP contribution in [0.2, 0.25) is 0 Å². The summed E-state index contributed by atoms with van der Waals surface area (Å²) in [7, 11) is 0. The molecule has 3 aromatic rings. The Balaban J connectivity index is 1.83. The first-order valence-corrected chi connectivity index (χ1v) is 10.9. The Hall–Kier alpha value is -3.97. The molecule has 5 atom stereocenters. The van der Waals surface area contributed by atoms with E-state index < -0.39 is 42.6 Å². The molecule has 2 heterocycles. The highest BCUT2D eigenvalue weighted by atomic mass is 16.5. The van der Waals surface area contributed by atoms with Gasteiger partial charge in [0.1, 0.15) is 66.0 Å². The second-order valence-electron chi connectivity index (χ2n) is 8.00. The Labute approximate surface area is 204 Å². The van der Waals surface area contributed by atoms with Crippen molar-refractivity contribution in [3.05, 3.63) is 58.4 Å². The van der Waals surface area contributed by atoms with E-state index in [1.807, 2.05) is 12.1 Å². The second-order valence-corrected chi connectivity index (χ2v) is 8.00. The average Bonchev–Trinajstić information content (AvgIpc) is 2.90. The van der Waals surface area contributed by atoms with Crippen LogP contribution in [0.25, 0.3) is 22.1 Å². The van der Waals surface area contributed by atoms with Crippen molar-refractivity contribution in [1.82, 2.24) is 0 Å². The number of aliphatic hydroxyl groups excluding tert-OH is 4. The fourth-order valence-electron chi connectivity index (χ4n) is 4.09. The van der Waals surface area contributed by atoms with Crippen molar-refractivity contribution in [3.8, 4) is 34.8 Å². The van der Waals surface area contributed by atoms with Crippen LogP contribution < -0.4 is 14.9 Å². The zero-order valence-electron chi connectivity index (χ0n) is 18.8. The summed E-state index contributed by atoms with van der Waals surface area (Å²) in [6.07, 6.45) is -6.27. The van der Waals surface area contributed by atoms with Gasteiger partial charge in [0.2, 0.25) is 5.43 Å². The number of aliphatic hydroxyl groups is 4.